The molecule has 100 valence electrons. The highest BCUT2D eigenvalue weighted by Gasteiger charge is 2.07. The average molecular weight is 281 g/mol. The normalized spacial score (nSPS) is 10.5. The van der Waals surface area contributed by atoms with E-state index in [-0.39, 0.29) is 17.1 Å². The van der Waals surface area contributed by atoms with Crippen LogP contribution in [0.5, 0.6) is 0 Å². The molecule has 5 heteroatoms. The lowest BCUT2D eigenvalue weighted by Gasteiger charge is -2.10. The zero-order valence-corrected chi connectivity index (χ0v) is 11.5. The van der Waals surface area contributed by atoms with Gasteiger partial charge in [0, 0.05) is 25.4 Å². The summed E-state index contributed by atoms with van der Waals surface area (Å²) in [7, 11) is 1.68. The van der Waals surface area contributed by atoms with Crippen molar-refractivity contribution in [1.82, 2.24) is 4.57 Å². The fourth-order valence-corrected chi connectivity index (χ4v) is 2.08. The van der Waals surface area contributed by atoms with Crippen LogP contribution in [-0.4, -0.2) is 4.57 Å². The summed E-state index contributed by atoms with van der Waals surface area (Å²) >= 11 is 5.71. The minimum Gasteiger partial charge on any atom is -0.376 e. The van der Waals surface area contributed by atoms with Crippen molar-refractivity contribution in [3.63, 3.8) is 0 Å². The van der Waals surface area contributed by atoms with Gasteiger partial charge in [-0.2, -0.15) is 0 Å². The molecule has 1 heterocycles. The van der Waals surface area contributed by atoms with Gasteiger partial charge in [-0.15, -0.1) is 0 Å². The van der Waals surface area contributed by atoms with Crippen LogP contribution in [-0.2, 0) is 13.6 Å². The second kappa shape index (κ2) is 5.45. The van der Waals surface area contributed by atoms with Crippen molar-refractivity contribution in [2.24, 2.45) is 7.05 Å². The van der Waals surface area contributed by atoms with Crippen LogP contribution in [0, 0.1) is 12.7 Å². The summed E-state index contributed by atoms with van der Waals surface area (Å²) in [5.74, 6) is -0.457. The molecule has 0 unspecified atom stereocenters. The number of benzene rings is 1. The topological polar surface area (TPSA) is 34.0 Å². The number of hydrogen-bond acceptors (Lipinski definition) is 2. The average Bonchev–Trinajstić information content (AvgIpc) is 2.36. The van der Waals surface area contributed by atoms with Gasteiger partial charge in [0.15, 0.2) is 0 Å². The fourth-order valence-electron chi connectivity index (χ4n) is 1.88. The molecule has 19 heavy (non-hydrogen) atoms. The Hall–Kier alpha value is -1.81. The van der Waals surface area contributed by atoms with Crippen LogP contribution in [0.2, 0.25) is 5.02 Å². The number of nitrogens with one attached hydrogen (secondary N) is 1. The van der Waals surface area contributed by atoms with Crippen LogP contribution >= 0.6 is 11.6 Å². The van der Waals surface area contributed by atoms with Crippen LogP contribution in [0.25, 0.3) is 0 Å². The van der Waals surface area contributed by atoms with Crippen molar-refractivity contribution < 1.29 is 4.39 Å². The molecular formula is C14H14ClFN2O. The lowest BCUT2D eigenvalue weighted by Crippen LogP contribution is -2.21. The highest BCUT2D eigenvalue weighted by atomic mass is 35.5. The molecule has 0 spiro atoms. The Labute approximate surface area is 115 Å². The van der Waals surface area contributed by atoms with E-state index in [9.17, 15) is 9.18 Å². The van der Waals surface area contributed by atoms with E-state index in [1.807, 2.05) is 6.92 Å². The van der Waals surface area contributed by atoms with Crippen molar-refractivity contribution in [2.45, 2.75) is 13.5 Å². The Morgan fingerprint density at radius 1 is 1.42 bits per heavy atom. The maximum atomic E-state index is 13.7. The van der Waals surface area contributed by atoms with Gasteiger partial charge in [-0.1, -0.05) is 23.7 Å². The highest BCUT2D eigenvalue weighted by molar-refractivity contribution is 6.30. The molecule has 2 rings (SSSR count). The van der Waals surface area contributed by atoms with Crippen molar-refractivity contribution in [2.75, 3.05) is 5.32 Å². The molecule has 1 aromatic carbocycles. The molecule has 0 atom stereocenters. The molecule has 0 saturated heterocycles. The molecule has 0 radical (unpaired) electrons. The number of nitrogens with zero attached hydrogens (tertiary/aromatic N) is 1. The first kappa shape index (κ1) is 13.6. The van der Waals surface area contributed by atoms with E-state index in [0.717, 1.165) is 5.56 Å². The molecule has 1 N–H and O–H groups in total. The standard InChI is InChI=1S/C14H14ClFN2O/c1-9-6-12(14(19)18(2)8-9)17-7-10-4-3-5-11(15)13(10)16/h3-6,8,17H,7H2,1-2H3. The molecule has 0 aliphatic rings. The quantitative estimate of drug-likeness (QED) is 0.937. The van der Waals surface area contributed by atoms with Crippen molar-refractivity contribution >= 4 is 17.3 Å². The molecule has 0 amide bonds. The van der Waals surface area contributed by atoms with Gasteiger partial charge < -0.3 is 9.88 Å². The second-order valence-electron chi connectivity index (χ2n) is 4.41. The van der Waals surface area contributed by atoms with E-state index >= 15 is 0 Å². The summed E-state index contributed by atoms with van der Waals surface area (Å²) in [6.45, 7) is 2.11. The van der Waals surface area contributed by atoms with E-state index in [4.69, 9.17) is 11.6 Å². The summed E-state index contributed by atoms with van der Waals surface area (Å²) in [4.78, 5) is 11.9. The Morgan fingerprint density at radius 3 is 2.89 bits per heavy atom. The molecule has 0 aliphatic heterocycles. The third-order valence-corrected chi connectivity index (χ3v) is 3.11. The van der Waals surface area contributed by atoms with Gasteiger partial charge in [-0.05, 0) is 24.6 Å². The van der Waals surface area contributed by atoms with E-state index in [1.54, 1.807) is 31.4 Å². The summed E-state index contributed by atoms with van der Waals surface area (Å²) in [5, 5.41) is 3.03. The molecule has 0 aliphatic carbocycles. The van der Waals surface area contributed by atoms with Crippen LogP contribution in [0.15, 0.2) is 35.3 Å². The lowest BCUT2D eigenvalue weighted by atomic mass is 10.2. The lowest BCUT2D eigenvalue weighted by molar-refractivity contribution is 0.613. The number of hydrogen-bond donors (Lipinski definition) is 1. The zero-order chi connectivity index (χ0) is 14.0. The molecule has 0 bridgehead atoms. The number of halogens is 2. The first-order valence-electron chi connectivity index (χ1n) is 5.83. The Balaban J connectivity index is 2.24. The predicted octanol–water partition coefficient (Wildman–Crippen LogP) is 3.10. The molecule has 3 nitrogen and oxygen atoms in total. The van der Waals surface area contributed by atoms with Gasteiger partial charge in [0.1, 0.15) is 11.5 Å². The molecule has 0 fully saturated rings. The summed E-state index contributed by atoms with van der Waals surface area (Å²) in [6.07, 6.45) is 1.74. The van der Waals surface area contributed by atoms with Crippen molar-refractivity contribution in [3.8, 4) is 0 Å². The van der Waals surface area contributed by atoms with Gasteiger partial charge in [0.2, 0.25) is 0 Å². The molecular weight excluding hydrogens is 267 g/mol. The third-order valence-electron chi connectivity index (χ3n) is 2.82. The SMILES string of the molecule is Cc1cc(NCc2cccc(Cl)c2F)c(=O)n(C)c1. The van der Waals surface area contributed by atoms with Gasteiger partial charge in [0.25, 0.3) is 5.56 Å². The van der Waals surface area contributed by atoms with Crippen LogP contribution in [0.4, 0.5) is 10.1 Å². The monoisotopic (exact) mass is 280 g/mol. The van der Waals surface area contributed by atoms with Gasteiger partial charge in [-0.25, -0.2) is 4.39 Å². The number of rotatable bonds is 3. The maximum absolute atomic E-state index is 13.7. The summed E-state index contributed by atoms with van der Waals surface area (Å²) in [5.41, 5.74) is 1.68. The molecule has 0 saturated carbocycles. The molecule has 1 aromatic heterocycles. The van der Waals surface area contributed by atoms with Crippen molar-refractivity contribution in [3.05, 3.63) is 62.8 Å². The molecule has 2 aromatic rings. The highest BCUT2D eigenvalue weighted by Crippen LogP contribution is 2.18. The second-order valence-corrected chi connectivity index (χ2v) is 4.82. The largest absolute Gasteiger partial charge is 0.376 e. The van der Waals surface area contributed by atoms with Crippen LogP contribution in [0.1, 0.15) is 11.1 Å². The Kier molecular flexibility index (Phi) is 3.90. The van der Waals surface area contributed by atoms with E-state index < -0.39 is 5.82 Å². The maximum Gasteiger partial charge on any atom is 0.273 e. The first-order chi connectivity index (χ1) is 8.99. The number of aromatic nitrogens is 1. The number of anilines is 1. The fraction of sp³-hybridized carbons (Fsp3) is 0.214. The van der Waals surface area contributed by atoms with Gasteiger partial charge in [0.05, 0.1) is 5.02 Å². The van der Waals surface area contributed by atoms with Gasteiger partial charge in [-0.3, -0.25) is 4.79 Å². The Bertz CT molecular complexity index is 667. The van der Waals surface area contributed by atoms with Crippen LogP contribution in [0.3, 0.4) is 0 Å². The van der Waals surface area contributed by atoms with Crippen LogP contribution < -0.4 is 10.9 Å². The van der Waals surface area contributed by atoms with Gasteiger partial charge >= 0.3 is 0 Å². The summed E-state index contributed by atoms with van der Waals surface area (Å²) in [6, 6.07) is 6.54. The predicted molar refractivity (Wildman–Crippen MR) is 75.2 cm³/mol. The number of aryl methyl sites for hydroxylation is 2. The smallest absolute Gasteiger partial charge is 0.273 e. The van der Waals surface area contributed by atoms with Crippen molar-refractivity contribution in [1.29, 1.82) is 0 Å². The minimum atomic E-state index is -0.457. The first-order valence-corrected chi connectivity index (χ1v) is 6.21. The zero-order valence-electron chi connectivity index (χ0n) is 10.7. The van der Waals surface area contributed by atoms with E-state index in [0.29, 0.717) is 11.3 Å². The summed E-state index contributed by atoms with van der Waals surface area (Å²) < 4.78 is 15.2. The van der Waals surface area contributed by atoms with E-state index in [2.05, 4.69) is 5.32 Å². The Morgan fingerprint density at radius 2 is 2.16 bits per heavy atom. The van der Waals surface area contributed by atoms with E-state index in [1.165, 1.54) is 10.6 Å². The minimum absolute atomic E-state index is 0.0800. The number of pyridine rings is 1. The third kappa shape index (κ3) is 2.96.